The number of amides is 1. The third-order valence-corrected chi connectivity index (χ3v) is 6.39. The standard InChI is InChI=1S/C20H27NO3/c1-23-17-3-4-18(24-2)14(10-17)11-19(22)21-20-15-6-12-5-13(8-15)9-16(20)7-12/h3-4,10,12-13,15-16,20H,5-9,11H2,1-2H3,(H,21,22). The van der Waals surface area contributed by atoms with E-state index in [4.69, 9.17) is 9.47 Å². The summed E-state index contributed by atoms with van der Waals surface area (Å²) >= 11 is 0. The second-order valence-electron chi connectivity index (χ2n) is 7.88. The Hall–Kier alpha value is -1.71. The molecule has 0 saturated heterocycles. The smallest absolute Gasteiger partial charge is 0.224 e. The first-order valence-corrected chi connectivity index (χ1v) is 9.16. The van der Waals surface area contributed by atoms with Gasteiger partial charge >= 0.3 is 0 Å². The van der Waals surface area contributed by atoms with Gasteiger partial charge in [-0.1, -0.05) is 0 Å². The molecule has 0 atom stereocenters. The minimum atomic E-state index is 0.110. The summed E-state index contributed by atoms with van der Waals surface area (Å²) in [5.41, 5.74) is 0.887. The average Bonchev–Trinajstić information content (AvgIpc) is 2.57. The van der Waals surface area contributed by atoms with Crippen LogP contribution in [-0.2, 0) is 11.2 Å². The van der Waals surface area contributed by atoms with Crippen molar-refractivity contribution in [3.63, 3.8) is 0 Å². The first-order chi connectivity index (χ1) is 11.7. The van der Waals surface area contributed by atoms with Gasteiger partial charge in [0.2, 0.25) is 5.91 Å². The van der Waals surface area contributed by atoms with Crippen molar-refractivity contribution < 1.29 is 14.3 Å². The normalized spacial score (nSPS) is 33.3. The van der Waals surface area contributed by atoms with Gasteiger partial charge in [-0.2, -0.15) is 0 Å². The average molecular weight is 329 g/mol. The van der Waals surface area contributed by atoms with Gasteiger partial charge < -0.3 is 14.8 Å². The van der Waals surface area contributed by atoms with Crippen molar-refractivity contribution in [1.29, 1.82) is 0 Å². The summed E-state index contributed by atoms with van der Waals surface area (Å²) in [5.74, 6) is 4.89. The number of rotatable bonds is 5. The summed E-state index contributed by atoms with van der Waals surface area (Å²) in [4.78, 5) is 12.7. The molecule has 0 spiro atoms. The Kier molecular flexibility index (Phi) is 4.15. The quantitative estimate of drug-likeness (QED) is 0.902. The van der Waals surface area contributed by atoms with Crippen molar-refractivity contribution in [1.82, 2.24) is 5.32 Å². The molecule has 1 aromatic carbocycles. The predicted octanol–water partition coefficient (Wildman–Crippen LogP) is 3.19. The molecule has 1 N–H and O–H groups in total. The van der Waals surface area contributed by atoms with Crippen LogP contribution in [0.4, 0.5) is 0 Å². The molecule has 5 rings (SSSR count). The highest BCUT2D eigenvalue weighted by atomic mass is 16.5. The van der Waals surface area contributed by atoms with E-state index < -0.39 is 0 Å². The molecule has 130 valence electrons. The molecule has 1 amide bonds. The van der Waals surface area contributed by atoms with E-state index in [0.717, 1.165) is 28.9 Å². The van der Waals surface area contributed by atoms with Crippen LogP contribution in [0.3, 0.4) is 0 Å². The molecule has 0 aliphatic heterocycles. The minimum Gasteiger partial charge on any atom is -0.497 e. The number of nitrogens with one attached hydrogen (secondary N) is 1. The number of hydrogen-bond donors (Lipinski definition) is 1. The molecular weight excluding hydrogens is 302 g/mol. The molecule has 24 heavy (non-hydrogen) atoms. The van der Waals surface area contributed by atoms with Gasteiger partial charge in [-0.15, -0.1) is 0 Å². The summed E-state index contributed by atoms with van der Waals surface area (Å²) in [7, 11) is 3.28. The fourth-order valence-electron chi connectivity index (χ4n) is 5.59. The van der Waals surface area contributed by atoms with Crippen molar-refractivity contribution in [3.05, 3.63) is 23.8 Å². The summed E-state index contributed by atoms with van der Waals surface area (Å²) in [6, 6.07) is 6.01. The van der Waals surface area contributed by atoms with Crippen LogP contribution in [0.25, 0.3) is 0 Å². The van der Waals surface area contributed by atoms with Crippen molar-refractivity contribution in [2.75, 3.05) is 14.2 Å². The highest BCUT2D eigenvalue weighted by Gasteiger charge is 2.48. The van der Waals surface area contributed by atoms with Crippen LogP contribution in [0.15, 0.2) is 18.2 Å². The van der Waals surface area contributed by atoms with Crippen molar-refractivity contribution in [2.45, 2.75) is 44.6 Å². The topological polar surface area (TPSA) is 47.6 Å². The largest absolute Gasteiger partial charge is 0.497 e. The van der Waals surface area contributed by atoms with Gasteiger partial charge in [0, 0.05) is 11.6 Å². The SMILES string of the molecule is COc1ccc(OC)c(CC(=O)NC2C3CC4CC(C3)CC2C4)c1. The fraction of sp³-hybridized carbons (Fsp3) is 0.650. The molecule has 1 aromatic rings. The molecule has 4 aliphatic carbocycles. The van der Waals surface area contributed by atoms with E-state index in [0.29, 0.717) is 24.3 Å². The van der Waals surface area contributed by atoms with Gasteiger partial charge in [0.25, 0.3) is 0 Å². The van der Waals surface area contributed by atoms with Crippen molar-refractivity contribution >= 4 is 5.91 Å². The summed E-state index contributed by atoms with van der Waals surface area (Å²) in [5, 5.41) is 3.36. The number of ether oxygens (including phenoxy) is 2. The highest BCUT2D eigenvalue weighted by Crippen LogP contribution is 2.53. The molecule has 0 radical (unpaired) electrons. The van der Waals surface area contributed by atoms with E-state index in [-0.39, 0.29) is 5.91 Å². The van der Waals surface area contributed by atoms with Crippen LogP contribution in [0.5, 0.6) is 11.5 Å². The lowest BCUT2D eigenvalue weighted by Crippen LogP contribution is -2.56. The number of hydrogen-bond acceptors (Lipinski definition) is 3. The van der Waals surface area contributed by atoms with Gasteiger partial charge in [0.15, 0.2) is 0 Å². The van der Waals surface area contributed by atoms with E-state index in [2.05, 4.69) is 5.32 Å². The monoisotopic (exact) mass is 329 g/mol. The maximum atomic E-state index is 12.7. The fourth-order valence-corrected chi connectivity index (χ4v) is 5.59. The van der Waals surface area contributed by atoms with Crippen LogP contribution >= 0.6 is 0 Å². The molecule has 4 heteroatoms. The Morgan fingerprint density at radius 2 is 1.71 bits per heavy atom. The molecule has 4 aliphatic rings. The molecule has 4 nitrogen and oxygen atoms in total. The molecule has 4 saturated carbocycles. The van der Waals surface area contributed by atoms with Crippen LogP contribution in [-0.4, -0.2) is 26.2 Å². The van der Waals surface area contributed by atoms with Gasteiger partial charge in [-0.05, 0) is 74.0 Å². The molecule has 0 heterocycles. The van der Waals surface area contributed by atoms with Crippen LogP contribution in [0, 0.1) is 23.7 Å². The van der Waals surface area contributed by atoms with Crippen LogP contribution < -0.4 is 14.8 Å². The van der Waals surface area contributed by atoms with Crippen LogP contribution in [0.1, 0.15) is 37.7 Å². The molecule has 0 aromatic heterocycles. The number of carbonyl (C=O) groups excluding carboxylic acids is 1. The molecule has 0 unspecified atom stereocenters. The summed E-state index contributed by atoms with van der Waals surface area (Å²) in [6.07, 6.45) is 7.07. The number of benzene rings is 1. The maximum Gasteiger partial charge on any atom is 0.224 e. The Morgan fingerprint density at radius 1 is 1.04 bits per heavy atom. The lowest BCUT2D eigenvalue weighted by Gasteiger charge is -2.54. The lowest BCUT2D eigenvalue weighted by molar-refractivity contribution is -0.124. The molecular formula is C20H27NO3. The number of methoxy groups -OCH3 is 2. The number of carbonyl (C=O) groups is 1. The molecule has 4 bridgehead atoms. The third kappa shape index (κ3) is 2.87. The lowest BCUT2D eigenvalue weighted by atomic mass is 9.54. The Labute approximate surface area is 143 Å². The highest BCUT2D eigenvalue weighted by molar-refractivity contribution is 5.80. The van der Waals surface area contributed by atoms with Crippen molar-refractivity contribution in [3.8, 4) is 11.5 Å². The minimum absolute atomic E-state index is 0.110. The Bertz CT molecular complexity index is 599. The first kappa shape index (κ1) is 15.8. The van der Waals surface area contributed by atoms with Gasteiger partial charge in [0.1, 0.15) is 11.5 Å². The molecule has 4 fully saturated rings. The van der Waals surface area contributed by atoms with E-state index in [9.17, 15) is 4.79 Å². The van der Waals surface area contributed by atoms with E-state index in [1.54, 1.807) is 14.2 Å². The summed E-state index contributed by atoms with van der Waals surface area (Å²) < 4.78 is 10.7. The second-order valence-corrected chi connectivity index (χ2v) is 7.88. The van der Waals surface area contributed by atoms with Gasteiger partial charge in [-0.25, -0.2) is 0 Å². The van der Waals surface area contributed by atoms with E-state index >= 15 is 0 Å². The second kappa shape index (κ2) is 6.30. The first-order valence-electron chi connectivity index (χ1n) is 9.16. The van der Waals surface area contributed by atoms with Crippen molar-refractivity contribution in [2.24, 2.45) is 23.7 Å². The maximum absolute atomic E-state index is 12.7. The Morgan fingerprint density at radius 3 is 2.29 bits per heavy atom. The van der Waals surface area contributed by atoms with Gasteiger partial charge in [0.05, 0.1) is 20.6 Å². The third-order valence-electron chi connectivity index (χ3n) is 6.39. The Balaban J connectivity index is 1.44. The van der Waals surface area contributed by atoms with E-state index in [1.165, 1.54) is 32.1 Å². The zero-order valence-corrected chi connectivity index (χ0v) is 14.6. The van der Waals surface area contributed by atoms with Gasteiger partial charge in [-0.3, -0.25) is 4.79 Å². The zero-order valence-electron chi connectivity index (χ0n) is 14.6. The predicted molar refractivity (Wildman–Crippen MR) is 92.2 cm³/mol. The summed E-state index contributed by atoms with van der Waals surface area (Å²) in [6.45, 7) is 0. The van der Waals surface area contributed by atoms with Crippen LogP contribution in [0.2, 0.25) is 0 Å². The van der Waals surface area contributed by atoms with E-state index in [1.807, 2.05) is 18.2 Å². The zero-order chi connectivity index (χ0) is 16.7.